The smallest absolute Gasteiger partial charge is 0.330 e. The standard InChI is InChI=1S/C13H14F3N3/c1-8-10-7-9(13(14,15)16)4-5-11(10)19-12(18-8)3-2-6-17/h4-5,7H,2-3,6,17H2,1H3. The van der Waals surface area contributed by atoms with E-state index in [1.165, 1.54) is 6.07 Å². The number of alkyl halides is 3. The third-order valence-electron chi connectivity index (χ3n) is 2.86. The highest BCUT2D eigenvalue weighted by Gasteiger charge is 2.30. The third kappa shape index (κ3) is 3.01. The number of rotatable bonds is 3. The van der Waals surface area contributed by atoms with Crippen LogP contribution in [0.4, 0.5) is 13.2 Å². The second-order valence-electron chi connectivity index (χ2n) is 4.35. The van der Waals surface area contributed by atoms with Crippen LogP contribution in [0.1, 0.15) is 23.5 Å². The highest BCUT2D eigenvalue weighted by molar-refractivity contribution is 5.81. The average molecular weight is 269 g/mol. The van der Waals surface area contributed by atoms with Crippen LogP contribution in [-0.4, -0.2) is 16.5 Å². The van der Waals surface area contributed by atoms with Crippen LogP contribution in [0.15, 0.2) is 18.2 Å². The SMILES string of the molecule is Cc1nc(CCCN)nc2ccc(C(F)(F)F)cc12. The van der Waals surface area contributed by atoms with Gasteiger partial charge >= 0.3 is 6.18 Å². The molecule has 1 aromatic carbocycles. The highest BCUT2D eigenvalue weighted by Crippen LogP contribution is 2.31. The van der Waals surface area contributed by atoms with Crippen molar-refractivity contribution < 1.29 is 13.2 Å². The lowest BCUT2D eigenvalue weighted by molar-refractivity contribution is -0.137. The number of nitrogens with zero attached hydrogens (tertiary/aromatic N) is 2. The highest BCUT2D eigenvalue weighted by atomic mass is 19.4. The summed E-state index contributed by atoms with van der Waals surface area (Å²) in [5, 5.41) is 0.436. The van der Waals surface area contributed by atoms with Crippen LogP contribution in [-0.2, 0) is 12.6 Å². The summed E-state index contributed by atoms with van der Waals surface area (Å²) in [7, 11) is 0. The molecule has 0 saturated heterocycles. The van der Waals surface area contributed by atoms with Gasteiger partial charge < -0.3 is 5.73 Å². The van der Waals surface area contributed by atoms with Crippen molar-refractivity contribution >= 4 is 10.9 Å². The fourth-order valence-electron chi connectivity index (χ4n) is 1.89. The minimum absolute atomic E-state index is 0.436. The van der Waals surface area contributed by atoms with E-state index in [1.54, 1.807) is 6.92 Å². The van der Waals surface area contributed by atoms with Gasteiger partial charge in [0.05, 0.1) is 11.1 Å². The first-order valence-electron chi connectivity index (χ1n) is 5.96. The maximum Gasteiger partial charge on any atom is 0.416 e. The monoisotopic (exact) mass is 269 g/mol. The molecule has 0 spiro atoms. The molecule has 2 rings (SSSR count). The van der Waals surface area contributed by atoms with Crippen molar-refractivity contribution in [3.05, 3.63) is 35.3 Å². The van der Waals surface area contributed by atoms with Crippen molar-refractivity contribution in [1.29, 1.82) is 0 Å². The van der Waals surface area contributed by atoms with Crippen molar-refractivity contribution in [2.24, 2.45) is 5.73 Å². The summed E-state index contributed by atoms with van der Waals surface area (Å²) >= 11 is 0. The van der Waals surface area contributed by atoms with Gasteiger partial charge in [-0.25, -0.2) is 9.97 Å². The Hall–Kier alpha value is -1.69. The van der Waals surface area contributed by atoms with Crippen LogP contribution in [0.25, 0.3) is 10.9 Å². The lowest BCUT2D eigenvalue weighted by Crippen LogP contribution is -2.07. The van der Waals surface area contributed by atoms with Crippen molar-refractivity contribution in [1.82, 2.24) is 9.97 Å². The summed E-state index contributed by atoms with van der Waals surface area (Å²) < 4.78 is 37.9. The summed E-state index contributed by atoms with van der Waals surface area (Å²) in [5.74, 6) is 0.621. The molecule has 0 atom stereocenters. The summed E-state index contributed by atoms with van der Waals surface area (Å²) in [6.07, 6.45) is -2.96. The molecule has 0 aliphatic carbocycles. The Morgan fingerprint density at radius 3 is 2.58 bits per heavy atom. The Morgan fingerprint density at radius 1 is 1.21 bits per heavy atom. The molecule has 0 aliphatic heterocycles. The third-order valence-corrected chi connectivity index (χ3v) is 2.86. The number of aromatic nitrogens is 2. The minimum atomic E-state index is -4.35. The molecule has 102 valence electrons. The normalized spacial score (nSPS) is 12.1. The lowest BCUT2D eigenvalue weighted by atomic mass is 10.1. The Morgan fingerprint density at radius 2 is 1.95 bits per heavy atom. The first-order chi connectivity index (χ1) is 8.91. The number of fused-ring (bicyclic) bond motifs is 1. The van der Waals surface area contributed by atoms with E-state index >= 15 is 0 Å². The average Bonchev–Trinajstić information content (AvgIpc) is 2.35. The van der Waals surface area contributed by atoms with Gasteiger partial charge in [0.1, 0.15) is 5.82 Å². The number of aryl methyl sites for hydroxylation is 2. The lowest BCUT2D eigenvalue weighted by Gasteiger charge is -2.09. The van der Waals surface area contributed by atoms with Gasteiger partial charge in [0.25, 0.3) is 0 Å². The molecule has 1 aromatic heterocycles. The molecule has 6 heteroatoms. The number of hydrogen-bond donors (Lipinski definition) is 1. The van der Waals surface area contributed by atoms with Crippen molar-refractivity contribution in [2.45, 2.75) is 25.9 Å². The molecule has 0 unspecified atom stereocenters. The van der Waals surface area contributed by atoms with E-state index in [4.69, 9.17) is 5.73 Å². The summed E-state index contributed by atoms with van der Waals surface area (Å²) in [4.78, 5) is 8.49. The molecule has 0 saturated carbocycles. The minimum Gasteiger partial charge on any atom is -0.330 e. The molecule has 2 aromatic rings. The van der Waals surface area contributed by atoms with Crippen molar-refractivity contribution in [3.8, 4) is 0 Å². The van der Waals surface area contributed by atoms with E-state index in [-0.39, 0.29) is 0 Å². The summed E-state index contributed by atoms with van der Waals surface area (Å²) in [5.41, 5.74) is 5.83. The number of nitrogens with two attached hydrogens (primary N) is 1. The van der Waals surface area contributed by atoms with E-state index in [0.29, 0.717) is 35.4 Å². The Labute approximate surface area is 108 Å². The number of hydrogen-bond acceptors (Lipinski definition) is 3. The van der Waals surface area contributed by atoms with E-state index < -0.39 is 11.7 Å². The zero-order chi connectivity index (χ0) is 14.0. The van der Waals surface area contributed by atoms with Gasteiger partial charge in [-0.1, -0.05) is 0 Å². The van der Waals surface area contributed by atoms with Crippen molar-refractivity contribution in [2.75, 3.05) is 6.54 Å². The molecule has 0 radical (unpaired) electrons. The molecular formula is C13H14F3N3. The largest absolute Gasteiger partial charge is 0.416 e. The van der Waals surface area contributed by atoms with E-state index in [1.807, 2.05) is 0 Å². The molecule has 2 N–H and O–H groups in total. The Kier molecular flexibility index (Phi) is 3.71. The maximum atomic E-state index is 12.6. The molecule has 19 heavy (non-hydrogen) atoms. The van der Waals surface area contributed by atoms with Gasteiger partial charge in [-0.15, -0.1) is 0 Å². The first kappa shape index (κ1) is 13.7. The molecule has 3 nitrogen and oxygen atoms in total. The zero-order valence-electron chi connectivity index (χ0n) is 10.5. The van der Waals surface area contributed by atoms with Gasteiger partial charge in [-0.05, 0) is 38.1 Å². The van der Waals surface area contributed by atoms with Gasteiger partial charge in [0.2, 0.25) is 0 Å². The molecule has 0 amide bonds. The summed E-state index contributed by atoms with van der Waals surface area (Å²) in [6, 6.07) is 3.53. The van der Waals surface area contributed by atoms with Gasteiger partial charge in [-0.2, -0.15) is 13.2 Å². The second kappa shape index (κ2) is 5.13. The van der Waals surface area contributed by atoms with Crippen molar-refractivity contribution in [3.63, 3.8) is 0 Å². The molecule has 0 fully saturated rings. The van der Waals surface area contributed by atoms with Crippen LogP contribution < -0.4 is 5.73 Å². The predicted molar refractivity (Wildman–Crippen MR) is 66.7 cm³/mol. The van der Waals surface area contributed by atoms with Crippen LogP contribution in [0.2, 0.25) is 0 Å². The molecule has 1 heterocycles. The molecule has 0 bridgehead atoms. The van der Waals surface area contributed by atoms with E-state index in [0.717, 1.165) is 18.6 Å². The van der Waals surface area contributed by atoms with Crippen LogP contribution in [0.5, 0.6) is 0 Å². The maximum absolute atomic E-state index is 12.6. The van der Waals surface area contributed by atoms with E-state index in [9.17, 15) is 13.2 Å². The van der Waals surface area contributed by atoms with Gasteiger partial charge in [-0.3, -0.25) is 0 Å². The number of benzene rings is 1. The molecular weight excluding hydrogens is 255 g/mol. The van der Waals surface area contributed by atoms with Gasteiger partial charge in [0.15, 0.2) is 0 Å². The van der Waals surface area contributed by atoms with Gasteiger partial charge in [0, 0.05) is 17.5 Å². The predicted octanol–water partition coefficient (Wildman–Crippen LogP) is 2.85. The van der Waals surface area contributed by atoms with Crippen LogP contribution >= 0.6 is 0 Å². The summed E-state index contributed by atoms with van der Waals surface area (Å²) in [6.45, 7) is 2.23. The first-order valence-corrected chi connectivity index (χ1v) is 5.96. The zero-order valence-corrected chi connectivity index (χ0v) is 10.5. The van der Waals surface area contributed by atoms with Crippen LogP contribution in [0.3, 0.4) is 0 Å². The van der Waals surface area contributed by atoms with E-state index in [2.05, 4.69) is 9.97 Å². The van der Waals surface area contributed by atoms with Crippen LogP contribution in [0, 0.1) is 6.92 Å². The fourth-order valence-corrected chi connectivity index (χ4v) is 1.89. The Balaban J connectivity index is 2.48. The quantitative estimate of drug-likeness (QED) is 0.932. The Bertz CT molecular complexity index is 593. The number of halogens is 3. The topological polar surface area (TPSA) is 51.8 Å². The molecule has 0 aliphatic rings. The second-order valence-corrected chi connectivity index (χ2v) is 4.35. The fraction of sp³-hybridized carbons (Fsp3) is 0.385.